The van der Waals surface area contributed by atoms with Crippen molar-refractivity contribution in [2.45, 2.75) is 32.5 Å². The SMILES string of the molecule is CCC(O)C(=O)N1CC(C)C(O)C1. The molecule has 1 fully saturated rings. The van der Waals surface area contributed by atoms with E-state index < -0.39 is 12.2 Å². The highest BCUT2D eigenvalue weighted by atomic mass is 16.3. The van der Waals surface area contributed by atoms with Gasteiger partial charge in [-0.05, 0) is 6.42 Å². The second-order valence-corrected chi connectivity index (χ2v) is 3.71. The molecule has 0 aromatic heterocycles. The number of aliphatic hydroxyl groups excluding tert-OH is 2. The van der Waals surface area contributed by atoms with Crippen molar-refractivity contribution < 1.29 is 15.0 Å². The van der Waals surface area contributed by atoms with Crippen LogP contribution in [0.5, 0.6) is 0 Å². The fraction of sp³-hybridized carbons (Fsp3) is 0.889. The molecule has 0 radical (unpaired) electrons. The Bertz CT molecular complexity index is 185. The van der Waals surface area contributed by atoms with Crippen LogP contribution in [0.15, 0.2) is 0 Å². The molecule has 0 aliphatic carbocycles. The molecule has 3 unspecified atom stereocenters. The van der Waals surface area contributed by atoms with Crippen LogP contribution in [0.25, 0.3) is 0 Å². The van der Waals surface area contributed by atoms with E-state index in [2.05, 4.69) is 0 Å². The van der Waals surface area contributed by atoms with Gasteiger partial charge in [0.05, 0.1) is 6.10 Å². The van der Waals surface area contributed by atoms with Crippen LogP contribution < -0.4 is 0 Å². The lowest BCUT2D eigenvalue weighted by Crippen LogP contribution is -2.37. The molecule has 0 spiro atoms. The molecule has 1 aliphatic heterocycles. The second-order valence-electron chi connectivity index (χ2n) is 3.71. The van der Waals surface area contributed by atoms with Crippen LogP contribution in [-0.2, 0) is 4.79 Å². The van der Waals surface area contributed by atoms with Gasteiger partial charge < -0.3 is 15.1 Å². The molecule has 4 heteroatoms. The summed E-state index contributed by atoms with van der Waals surface area (Å²) in [7, 11) is 0. The van der Waals surface area contributed by atoms with E-state index in [0.29, 0.717) is 19.5 Å². The molecule has 4 nitrogen and oxygen atoms in total. The Morgan fingerprint density at radius 1 is 1.62 bits per heavy atom. The molecule has 1 heterocycles. The molecule has 0 saturated carbocycles. The number of carbonyl (C=O) groups is 1. The number of hydrogen-bond acceptors (Lipinski definition) is 3. The van der Waals surface area contributed by atoms with E-state index in [9.17, 15) is 15.0 Å². The van der Waals surface area contributed by atoms with Crippen molar-refractivity contribution in [2.24, 2.45) is 5.92 Å². The quantitative estimate of drug-likeness (QED) is 0.618. The van der Waals surface area contributed by atoms with Crippen molar-refractivity contribution in [3.63, 3.8) is 0 Å². The highest BCUT2D eigenvalue weighted by molar-refractivity contribution is 5.80. The van der Waals surface area contributed by atoms with Gasteiger partial charge in [-0.2, -0.15) is 0 Å². The van der Waals surface area contributed by atoms with Crippen molar-refractivity contribution in [2.75, 3.05) is 13.1 Å². The number of β-amino-alcohol motifs (C(OH)–C–C–N with tert-alkyl or cyclic N) is 1. The molecule has 1 amide bonds. The van der Waals surface area contributed by atoms with Crippen LogP contribution in [0, 0.1) is 5.92 Å². The zero-order valence-corrected chi connectivity index (χ0v) is 8.10. The van der Waals surface area contributed by atoms with Crippen molar-refractivity contribution in [1.29, 1.82) is 0 Å². The lowest BCUT2D eigenvalue weighted by atomic mass is 10.1. The summed E-state index contributed by atoms with van der Waals surface area (Å²) in [5, 5.41) is 18.7. The van der Waals surface area contributed by atoms with Crippen molar-refractivity contribution >= 4 is 5.91 Å². The minimum Gasteiger partial charge on any atom is -0.391 e. The Balaban J connectivity index is 2.50. The van der Waals surface area contributed by atoms with Crippen molar-refractivity contribution in [3.8, 4) is 0 Å². The molecular formula is C9H17NO3. The van der Waals surface area contributed by atoms with Gasteiger partial charge >= 0.3 is 0 Å². The van der Waals surface area contributed by atoms with E-state index in [4.69, 9.17) is 0 Å². The van der Waals surface area contributed by atoms with Gasteiger partial charge in [0.2, 0.25) is 0 Å². The molecule has 2 N–H and O–H groups in total. The van der Waals surface area contributed by atoms with Gasteiger partial charge in [0, 0.05) is 19.0 Å². The Kier molecular flexibility index (Phi) is 3.27. The molecule has 13 heavy (non-hydrogen) atoms. The standard InChI is InChI=1S/C9H17NO3/c1-3-7(11)9(13)10-4-6(2)8(12)5-10/h6-8,11-12H,3-5H2,1-2H3. The van der Waals surface area contributed by atoms with Gasteiger partial charge in [0.25, 0.3) is 5.91 Å². The number of amides is 1. The molecule has 1 aliphatic rings. The van der Waals surface area contributed by atoms with E-state index in [0.717, 1.165) is 0 Å². The first-order valence-electron chi connectivity index (χ1n) is 4.71. The normalized spacial score (nSPS) is 30.6. The minimum atomic E-state index is -0.905. The fourth-order valence-corrected chi connectivity index (χ4v) is 1.51. The Hall–Kier alpha value is -0.610. The zero-order valence-electron chi connectivity index (χ0n) is 8.10. The summed E-state index contributed by atoms with van der Waals surface area (Å²) in [4.78, 5) is 13.0. The summed E-state index contributed by atoms with van der Waals surface area (Å²) in [5.41, 5.74) is 0. The van der Waals surface area contributed by atoms with E-state index >= 15 is 0 Å². The van der Waals surface area contributed by atoms with Gasteiger partial charge in [-0.15, -0.1) is 0 Å². The minimum absolute atomic E-state index is 0.119. The lowest BCUT2D eigenvalue weighted by Gasteiger charge is -2.18. The van der Waals surface area contributed by atoms with Crippen LogP contribution >= 0.6 is 0 Å². The first kappa shape index (κ1) is 10.5. The zero-order chi connectivity index (χ0) is 10.0. The molecule has 1 saturated heterocycles. The molecule has 0 aromatic rings. The maximum absolute atomic E-state index is 11.4. The highest BCUT2D eigenvalue weighted by Gasteiger charge is 2.32. The Morgan fingerprint density at radius 2 is 2.23 bits per heavy atom. The van der Waals surface area contributed by atoms with Crippen LogP contribution in [0.1, 0.15) is 20.3 Å². The highest BCUT2D eigenvalue weighted by Crippen LogP contribution is 2.17. The van der Waals surface area contributed by atoms with Crippen LogP contribution in [0.4, 0.5) is 0 Å². The Labute approximate surface area is 78.2 Å². The summed E-state index contributed by atoms with van der Waals surface area (Å²) >= 11 is 0. The van der Waals surface area contributed by atoms with Gasteiger partial charge in [-0.1, -0.05) is 13.8 Å². The topological polar surface area (TPSA) is 60.8 Å². The molecular weight excluding hydrogens is 170 g/mol. The van der Waals surface area contributed by atoms with E-state index in [-0.39, 0.29) is 11.8 Å². The molecule has 0 bridgehead atoms. The number of aliphatic hydroxyl groups is 2. The molecule has 3 atom stereocenters. The number of likely N-dealkylation sites (tertiary alicyclic amines) is 1. The monoisotopic (exact) mass is 187 g/mol. The van der Waals surface area contributed by atoms with Crippen LogP contribution in [0.3, 0.4) is 0 Å². The smallest absolute Gasteiger partial charge is 0.251 e. The number of rotatable bonds is 2. The third kappa shape index (κ3) is 2.19. The number of carbonyl (C=O) groups excluding carboxylic acids is 1. The summed E-state index contributed by atoms with van der Waals surface area (Å²) < 4.78 is 0. The number of hydrogen-bond donors (Lipinski definition) is 2. The van der Waals surface area contributed by atoms with E-state index in [1.54, 1.807) is 6.92 Å². The largest absolute Gasteiger partial charge is 0.391 e. The summed E-state index contributed by atoms with van der Waals surface area (Å²) in [6.45, 7) is 4.57. The average Bonchev–Trinajstić information content (AvgIpc) is 2.44. The first-order chi connectivity index (χ1) is 6.06. The van der Waals surface area contributed by atoms with Crippen molar-refractivity contribution in [3.05, 3.63) is 0 Å². The summed E-state index contributed by atoms with van der Waals surface area (Å²) in [5.74, 6) is -0.140. The average molecular weight is 187 g/mol. The summed E-state index contributed by atoms with van der Waals surface area (Å²) in [6.07, 6.45) is -0.912. The van der Waals surface area contributed by atoms with Crippen LogP contribution in [-0.4, -0.2) is 46.3 Å². The van der Waals surface area contributed by atoms with E-state index in [1.807, 2.05) is 6.92 Å². The number of nitrogens with zero attached hydrogens (tertiary/aromatic N) is 1. The van der Waals surface area contributed by atoms with Gasteiger partial charge in [-0.3, -0.25) is 4.79 Å². The van der Waals surface area contributed by atoms with E-state index in [1.165, 1.54) is 4.90 Å². The Morgan fingerprint density at radius 3 is 2.62 bits per heavy atom. The summed E-state index contributed by atoms with van der Waals surface area (Å²) in [6, 6.07) is 0. The van der Waals surface area contributed by atoms with Gasteiger partial charge in [0.1, 0.15) is 6.10 Å². The molecule has 76 valence electrons. The third-order valence-electron chi connectivity index (χ3n) is 2.56. The van der Waals surface area contributed by atoms with Gasteiger partial charge in [-0.25, -0.2) is 0 Å². The first-order valence-corrected chi connectivity index (χ1v) is 4.71. The fourth-order valence-electron chi connectivity index (χ4n) is 1.51. The lowest BCUT2D eigenvalue weighted by molar-refractivity contribution is -0.139. The van der Waals surface area contributed by atoms with Crippen LogP contribution in [0.2, 0.25) is 0 Å². The predicted molar refractivity (Wildman–Crippen MR) is 48.0 cm³/mol. The second kappa shape index (κ2) is 4.07. The maximum Gasteiger partial charge on any atom is 0.251 e. The third-order valence-corrected chi connectivity index (χ3v) is 2.56. The van der Waals surface area contributed by atoms with Crippen molar-refractivity contribution in [1.82, 2.24) is 4.90 Å². The van der Waals surface area contributed by atoms with Gasteiger partial charge in [0.15, 0.2) is 0 Å². The maximum atomic E-state index is 11.4. The predicted octanol–water partition coefficient (Wildman–Crippen LogP) is -0.404. The molecule has 0 aromatic carbocycles. The molecule has 1 rings (SSSR count).